The molecule has 2 rings (SSSR count). The number of hydrogen-bond donors (Lipinski definition) is 1. The summed E-state index contributed by atoms with van der Waals surface area (Å²) in [6, 6.07) is 2.64. The zero-order valence-corrected chi connectivity index (χ0v) is 12.4. The first-order chi connectivity index (χ1) is 9.24. The predicted octanol–water partition coefficient (Wildman–Crippen LogP) is 4.17. The molecule has 1 atom stereocenters. The van der Waals surface area contributed by atoms with Gasteiger partial charge in [0.05, 0.1) is 19.0 Å². The van der Waals surface area contributed by atoms with Crippen LogP contribution in [0.1, 0.15) is 51.1 Å². The van der Waals surface area contributed by atoms with Crippen molar-refractivity contribution < 1.29 is 4.74 Å². The number of nitrogens with one attached hydrogen (secondary N) is 1. The number of hydrogen-bond acceptors (Lipinski definition) is 3. The molecule has 1 aromatic heterocycles. The lowest BCUT2D eigenvalue weighted by molar-refractivity contribution is 0.312. The Morgan fingerprint density at radius 1 is 1.37 bits per heavy atom. The maximum Gasteiger partial charge on any atom is 0.160 e. The van der Waals surface area contributed by atoms with E-state index < -0.39 is 0 Å². The van der Waals surface area contributed by atoms with Crippen molar-refractivity contribution in [3.05, 3.63) is 18.0 Å². The number of rotatable bonds is 5. The molecule has 1 aliphatic rings. The molecule has 1 heterocycles. The van der Waals surface area contributed by atoms with Gasteiger partial charge in [-0.25, -0.2) is 0 Å². The summed E-state index contributed by atoms with van der Waals surface area (Å²) >= 11 is 0. The molecule has 1 unspecified atom stereocenters. The van der Waals surface area contributed by atoms with Crippen molar-refractivity contribution in [1.29, 1.82) is 0 Å². The SMILES string of the molecule is CCC(Nc1cc(C)ncc1OC)C1CCCCC1. The van der Waals surface area contributed by atoms with Gasteiger partial charge in [0.2, 0.25) is 0 Å². The second kappa shape index (κ2) is 6.78. The van der Waals surface area contributed by atoms with Gasteiger partial charge in [0.25, 0.3) is 0 Å². The number of aromatic nitrogens is 1. The molecule has 19 heavy (non-hydrogen) atoms. The summed E-state index contributed by atoms with van der Waals surface area (Å²) in [5.74, 6) is 1.65. The van der Waals surface area contributed by atoms with E-state index in [1.54, 1.807) is 7.11 Å². The molecule has 0 saturated heterocycles. The van der Waals surface area contributed by atoms with Crippen LogP contribution in [0.25, 0.3) is 0 Å². The molecule has 0 spiro atoms. The summed E-state index contributed by atoms with van der Waals surface area (Å²) in [6.07, 6.45) is 9.87. The Hall–Kier alpha value is -1.25. The van der Waals surface area contributed by atoms with Crippen LogP contribution in [-0.2, 0) is 0 Å². The summed E-state index contributed by atoms with van der Waals surface area (Å²) in [6.45, 7) is 4.29. The molecular formula is C16H26N2O. The lowest BCUT2D eigenvalue weighted by Gasteiger charge is -2.31. The summed E-state index contributed by atoms with van der Waals surface area (Å²) in [5, 5.41) is 3.69. The third-order valence-corrected chi connectivity index (χ3v) is 4.22. The highest BCUT2D eigenvalue weighted by molar-refractivity contribution is 5.56. The van der Waals surface area contributed by atoms with Gasteiger partial charge in [-0.2, -0.15) is 0 Å². The molecule has 0 amide bonds. The molecule has 106 valence electrons. The zero-order chi connectivity index (χ0) is 13.7. The smallest absolute Gasteiger partial charge is 0.160 e. The van der Waals surface area contributed by atoms with Gasteiger partial charge >= 0.3 is 0 Å². The Morgan fingerprint density at radius 2 is 2.11 bits per heavy atom. The van der Waals surface area contributed by atoms with Crippen molar-refractivity contribution in [3.63, 3.8) is 0 Å². The minimum absolute atomic E-state index is 0.552. The highest BCUT2D eigenvalue weighted by Crippen LogP contribution is 2.32. The Balaban J connectivity index is 2.10. The van der Waals surface area contributed by atoms with E-state index in [9.17, 15) is 0 Å². The van der Waals surface area contributed by atoms with Crippen molar-refractivity contribution in [2.24, 2.45) is 5.92 Å². The number of ether oxygens (including phenoxy) is 1. The number of nitrogens with zero attached hydrogens (tertiary/aromatic N) is 1. The molecule has 0 radical (unpaired) electrons. The van der Waals surface area contributed by atoms with E-state index in [0.717, 1.165) is 29.5 Å². The van der Waals surface area contributed by atoms with E-state index in [1.165, 1.54) is 32.1 Å². The van der Waals surface area contributed by atoms with Crippen LogP contribution >= 0.6 is 0 Å². The van der Waals surface area contributed by atoms with Gasteiger partial charge in [-0.1, -0.05) is 26.2 Å². The van der Waals surface area contributed by atoms with Crippen molar-refractivity contribution >= 4 is 5.69 Å². The molecule has 1 N–H and O–H groups in total. The van der Waals surface area contributed by atoms with E-state index in [0.29, 0.717) is 6.04 Å². The van der Waals surface area contributed by atoms with Gasteiger partial charge in [-0.05, 0) is 38.2 Å². The Bertz CT molecular complexity index is 400. The van der Waals surface area contributed by atoms with E-state index in [2.05, 4.69) is 23.3 Å². The van der Waals surface area contributed by atoms with Crippen molar-refractivity contribution in [2.45, 2.75) is 58.4 Å². The molecule has 0 bridgehead atoms. The highest BCUT2D eigenvalue weighted by Gasteiger charge is 2.23. The van der Waals surface area contributed by atoms with Crippen LogP contribution < -0.4 is 10.1 Å². The van der Waals surface area contributed by atoms with Crippen molar-refractivity contribution in [1.82, 2.24) is 4.98 Å². The molecule has 0 aliphatic heterocycles. The topological polar surface area (TPSA) is 34.2 Å². The predicted molar refractivity (Wildman–Crippen MR) is 79.8 cm³/mol. The first kappa shape index (κ1) is 14.2. The van der Waals surface area contributed by atoms with Gasteiger partial charge in [0, 0.05) is 11.7 Å². The van der Waals surface area contributed by atoms with Crippen LogP contribution in [0.3, 0.4) is 0 Å². The van der Waals surface area contributed by atoms with E-state index in [-0.39, 0.29) is 0 Å². The van der Waals surface area contributed by atoms with Crippen LogP contribution in [0.5, 0.6) is 5.75 Å². The average molecular weight is 262 g/mol. The van der Waals surface area contributed by atoms with Gasteiger partial charge < -0.3 is 10.1 Å². The largest absolute Gasteiger partial charge is 0.493 e. The first-order valence-electron chi connectivity index (χ1n) is 7.51. The summed E-state index contributed by atoms with van der Waals surface area (Å²) in [4.78, 5) is 4.29. The van der Waals surface area contributed by atoms with Crippen molar-refractivity contribution in [2.75, 3.05) is 12.4 Å². The fourth-order valence-electron chi connectivity index (χ4n) is 3.11. The quantitative estimate of drug-likeness (QED) is 0.864. The molecule has 3 nitrogen and oxygen atoms in total. The minimum Gasteiger partial charge on any atom is -0.493 e. The summed E-state index contributed by atoms with van der Waals surface area (Å²) in [5.41, 5.74) is 2.12. The lowest BCUT2D eigenvalue weighted by atomic mass is 9.83. The average Bonchev–Trinajstić information content (AvgIpc) is 2.46. The fraction of sp³-hybridized carbons (Fsp3) is 0.688. The molecule has 3 heteroatoms. The Kier molecular flexibility index (Phi) is 5.06. The summed E-state index contributed by atoms with van der Waals surface area (Å²) < 4.78 is 5.41. The second-order valence-corrected chi connectivity index (χ2v) is 5.58. The second-order valence-electron chi connectivity index (χ2n) is 5.58. The standard InChI is InChI=1S/C16H26N2O/c1-4-14(13-8-6-5-7-9-13)18-15-10-12(2)17-11-16(15)19-3/h10-11,13-14H,4-9H2,1-3H3,(H,17,18). The van der Waals surface area contributed by atoms with Crippen LogP contribution in [0, 0.1) is 12.8 Å². The molecule has 1 aromatic rings. The minimum atomic E-state index is 0.552. The first-order valence-corrected chi connectivity index (χ1v) is 7.51. The third kappa shape index (κ3) is 3.62. The monoisotopic (exact) mass is 262 g/mol. The van der Waals surface area contributed by atoms with Crippen LogP contribution in [0.4, 0.5) is 5.69 Å². The fourth-order valence-corrected chi connectivity index (χ4v) is 3.11. The van der Waals surface area contributed by atoms with Crippen LogP contribution in [0.15, 0.2) is 12.3 Å². The molecule has 1 aliphatic carbocycles. The van der Waals surface area contributed by atoms with Crippen LogP contribution in [0.2, 0.25) is 0 Å². The molecular weight excluding hydrogens is 236 g/mol. The van der Waals surface area contributed by atoms with E-state index in [4.69, 9.17) is 4.74 Å². The number of pyridine rings is 1. The van der Waals surface area contributed by atoms with Crippen LogP contribution in [-0.4, -0.2) is 18.1 Å². The molecule has 0 aromatic carbocycles. The van der Waals surface area contributed by atoms with E-state index in [1.807, 2.05) is 13.1 Å². The number of methoxy groups -OCH3 is 1. The van der Waals surface area contributed by atoms with E-state index >= 15 is 0 Å². The van der Waals surface area contributed by atoms with Gasteiger partial charge in [0.1, 0.15) is 0 Å². The maximum absolute atomic E-state index is 5.41. The number of aryl methyl sites for hydroxylation is 1. The van der Waals surface area contributed by atoms with Gasteiger partial charge in [-0.15, -0.1) is 0 Å². The third-order valence-electron chi connectivity index (χ3n) is 4.22. The van der Waals surface area contributed by atoms with Gasteiger partial charge in [0.15, 0.2) is 5.75 Å². The number of anilines is 1. The Morgan fingerprint density at radius 3 is 2.74 bits per heavy atom. The van der Waals surface area contributed by atoms with Gasteiger partial charge in [-0.3, -0.25) is 4.98 Å². The maximum atomic E-state index is 5.41. The Labute approximate surface area is 116 Å². The summed E-state index contributed by atoms with van der Waals surface area (Å²) in [7, 11) is 1.71. The van der Waals surface area contributed by atoms with Crippen molar-refractivity contribution in [3.8, 4) is 5.75 Å². The molecule has 1 fully saturated rings. The zero-order valence-electron chi connectivity index (χ0n) is 12.4. The lowest BCUT2D eigenvalue weighted by Crippen LogP contribution is -2.30. The highest BCUT2D eigenvalue weighted by atomic mass is 16.5. The normalized spacial score (nSPS) is 18.1. The molecule has 1 saturated carbocycles.